The van der Waals surface area contributed by atoms with E-state index in [1.165, 1.54) is 11.8 Å². The average Bonchev–Trinajstić information content (AvgIpc) is 3.02. The molecule has 0 aromatic heterocycles. The second-order valence-corrected chi connectivity index (χ2v) is 17.3. The van der Waals surface area contributed by atoms with Crippen molar-refractivity contribution in [3.05, 3.63) is 127 Å². The molecule has 5 nitrogen and oxygen atoms in total. The lowest BCUT2D eigenvalue weighted by atomic mass is 9.99. The van der Waals surface area contributed by atoms with Crippen molar-refractivity contribution in [3.8, 4) is 0 Å². The monoisotopic (exact) mass is 598 g/mol. The third-order valence-corrected chi connectivity index (χ3v) is 14.3. The highest BCUT2D eigenvalue weighted by atomic mass is 32.2. The summed E-state index contributed by atoms with van der Waals surface area (Å²) in [6, 6.07) is 41.0. The maximum Gasteiger partial charge on any atom is 0.261 e. The molecule has 2 heterocycles. The molecule has 0 amide bonds. The molecule has 2 saturated heterocycles. The van der Waals surface area contributed by atoms with Crippen LogP contribution in [-0.2, 0) is 18.6 Å². The van der Waals surface area contributed by atoms with Crippen molar-refractivity contribution in [1.82, 2.24) is 0 Å². The van der Waals surface area contributed by atoms with Gasteiger partial charge in [-0.3, -0.25) is 0 Å². The first-order chi connectivity index (χ1) is 20.4. The second-order valence-electron chi connectivity index (χ2n) is 11.9. The fourth-order valence-corrected chi connectivity index (χ4v) is 11.9. The van der Waals surface area contributed by atoms with Crippen LogP contribution in [0.15, 0.2) is 126 Å². The zero-order chi connectivity index (χ0) is 29.2. The first-order valence-electron chi connectivity index (χ1n) is 14.5. The third-order valence-electron chi connectivity index (χ3n) is 8.10. The van der Waals surface area contributed by atoms with E-state index < -0.39 is 44.5 Å². The molecular formula is C35H38O5SSi. The van der Waals surface area contributed by atoms with Crippen molar-refractivity contribution < 1.29 is 23.7 Å². The Labute approximate surface area is 253 Å². The molecule has 0 aliphatic carbocycles. The molecule has 6 atom stereocenters. The Morgan fingerprint density at radius 1 is 0.738 bits per heavy atom. The number of rotatable bonds is 7. The lowest BCUT2D eigenvalue weighted by Crippen LogP contribution is -2.72. The smallest absolute Gasteiger partial charge is 0.261 e. The van der Waals surface area contributed by atoms with E-state index in [0.29, 0.717) is 6.61 Å². The van der Waals surface area contributed by atoms with E-state index in [9.17, 15) is 5.11 Å². The van der Waals surface area contributed by atoms with Gasteiger partial charge in [-0.25, -0.2) is 0 Å². The Balaban J connectivity index is 1.44. The molecule has 218 valence electrons. The molecule has 0 bridgehead atoms. The van der Waals surface area contributed by atoms with Gasteiger partial charge in [0.1, 0.15) is 29.9 Å². The van der Waals surface area contributed by atoms with Gasteiger partial charge in [0.15, 0.2) is 6.29 Å². The highest BCUT2D eigenvalue weighted by molar-refractivity contribution is 7.99. The normalized spacial score (nSPS) is 26.4. The van der Waals surface area contributed by atoms with Crippen LogP contribution in [0, 0.1) is 0 Å². The lowest BCUT2D eigenvalue weighted by molar-refractivity contribution is -0.316. The number of hydrogen-bond donors (Lipinski definition) is 1. The number of benzene rings is 4. The second kappa shape index (κ2) is 12.5. The topological polar surface area (TPSA) is 57.2 Å². The molecule has 4 aromatic rings. The minimum atomic E-state index is -3.02. The molecule has 42 heavy (non-hydrogen) atoms. The number of aliphatic hydroxyl groups is 1. The molecular weight excluding hydrogens is 561 g/mol. The number of hydrogen-bond acceptors (Lipinski definition) is 6. The SMILES string of the molecule is CC(C)(C)[Si](O[C@@H]1[C@@H](O)[C@H](Sc2ccccc2)O[C@@H]2COC(c3ccccc3)O[C@@H]12)(c1ccccc1)c1ccccc1. The van der Waals surface area contributed by atoms with Crippen LogP contribution in [0.4, 0.5) is 0 Å². The van der Waals surface area contributed by atoms with Gasteiger partial charge in [-0.1, -0.05) is 142 Å². The van der Waals surface area contributed by atoms with Gasteiger partial charge >= 0.3 is 0 Å². The molecule has 6 rings (SSSR count). The highest BCUT2D eigenvalue weighted by Crippen LogP contribution is 2.44. The first kappa shape index (κ1) is 29.3. The molecule has 7 heteroatoms. The lowest BCUT2D eigenvalue weighted by Gasteiger charge is -2.52. The molecule has 4 aromatic carbocycles. The zero-order valence-corrected chi connectivity index (χ0v) is 26.0. The van der Waals surface area contributed by atoms with Crippen LogP contribution in [0.2, 0.25) is 5.04 Å². The Kier molecular flexibility index (Phi) is 8.70. The zero-order valence-electron chi connectivity index (χ0n) is 24.2. The molecule has 0 saturated carbocycles. The van der Waals surface area contributed by atoms with Crippen LogP contribution in [-0.4, -0.2) is 49.9 Å². The van der Waals surface area contributed by atoms with Crippen LogP contribution in [0.25, 0.3) is 0 Å². The molecule has 0 radical (unpaired) electrons. The summed E-state index contributed by atoms with van der Waals surface area (Å²) in [5.41, 5.74) is 0.368. The van der Waals surface area contributed by atoms with Gasteiger partial charge in [0.2, 0.25) is 0 Å². The predicted octanol–water partition coefficient (Wildman–Crippen LogP) is 5.92. The number of ether oxygens (including phenoxy) is 3. The van der Waals surface area contributed by atoms with Crippen LogP contribution in [0.5, 0.6) is 0 Å². The summed E-state index contributed by atoms with van der Waals surface area (Å²) in [5.74, 6) is 0. The van der Waals surface area contributed by atoms with Crippen LogP contribution in [0.3, 0.4) is 0 Å². The van der Waals surface area contributed by atoms with E-state index in [0.717, 1.165) is 20.8 Å². The maximum atomic E-state index is 12.1. The Hall–Kier alpha value is -2.75. The minimum Gasteiger partial charge on any atom is -0.399 e. The van der Waals surface area contributed by atoms with Crippen LogP contribution >= 0.6 is 11.8 Å². The quantitative estimate of drug-likeness (QED) is 0.267. The maximum absolute atomic E-state index is 12.1. The highest BCUT2D eigenvalue weighted by Gasteiger charge is 2.57. The van der Waals surface area contributed by atoms with Crippen molar-refractivity contribution in [2.24, 2.45) is 0 Å². The molecule has 1 unspecified atom stereocenters. The van der Waals surface area contributed by atoms with Crippen molar-refractivity contribution in [3.63, 3.8) is 0 Å². The van der Waals surface area contributed by atoms with E-state index in [4.69, 9.17) is 18.6 Å². The summed E-state index contributed by atoms with van der Waals surface area (Å²) < 4.78 is 27.0. The predicted molar refractivity (Wildman–Crippen MR) is 169 cm³/mol. The molecule has 0 spiro atoms. The van der Waals surface area contributed by atoms with Crippen molar-refractivity contribution in [1.29, 1.82) is 0 Å². The van der Waals surface area contributed by atoms with Gasteiger partial charge in [-0.15, -0.1) is 0 Å². The van der Waals surface area contributed by atoms with Gasteiger partial charge in [-0.05, 0) is 27.5 Å². The average molecular weight is 599 g/mol. The number of thioether (sulfide) groups is 1. The Morgan fingerprint density at radius 2 is 1.26 bits per heavy atom. The summed E-state index contributed by atoms with van der Waals surface area (Å²) in [4.78, 5) is 1.02. The first-order valence-corrected chi connectivity index (χ1v) is 17.3. The largest absolute Gasteiger partial charge is 0.399 e. The van der Waals surface area contributed by atoms with Gasteiger partial charge in [-0.2, -0.15) is 0 Å². The van der Waals surface area contributed by atoms with E-state index in [1.807, 2.05) is 72.8 Å². The Bertz CT molecular complexity index is 1380. The molecule has 2 aliphatic heterocycles. The van der Waals surface area contributed by atoms with Gasteiger partial charge in [0.05, 0.1) is 6.61 Å². The summed E-state index contributed by atoms with van der Waals surface area (Å²) in [6.45, 7) is 7.08. The Morgan fingerprint density at radius 3 is 1.81 bits per heavy atom. The summed E-state index contributed by atoms with van der Waals surface area (Å²) >= 11 is 1.51. The van der Waals surface area contributed by atoms with Gasteiger partial charge in [0, 0.05) is 10.5 Å². The third kappa shape index (κ3) is 5.75. The van der Waals surface area contributed by atoms with Gasteiger partial charge in [0.25, 0.3) is 8.32 Å². The van der Waals surface area contributed by atoms with E-state index >= 15 is 0 Å². The fourth-order valence-electron chi connectivity index (χ4n) is 6.10. The molecule has 2 aliphatic rings. The van der Waals surface area contributed by atoms with Crippen LogP contribution < -0.4 is 10.4 Å². The van der Waals surface area contributed by atoms with Crippen molar-refractivity contribution in [2.45, 2.75) is 66.8 Å². The minimum absolute atomic E-state index is 0.269. The summed E-state index contributed by atoms with van der Waals surface area (Å²) in [6.07, 6.45) is -3.13. The van der Waals surface area contributed by atoms with E-state index in [-0.39, 0.29) is 5.04 Å². The number of aliphatic hydroxyl groups excluding tert-OH is 1. The number of fused-ring (bicyclic) bond motifs is 1. The molecule has 1 N–H and O–H groups in total. The fraction of sp³-hybridized carbons (Fsp3) is 0.314. The standard InChI is InChI=1S/C35H38O5SSi/c1-35(2,3)42(27-20-12-6-13-21-27,28-22-14-7-15-23-28)40-32-30(36)34(41-26-18-10-5-11-19-26)38-29-24-37-33(39-31(29)32)25-16-8-4-9-17-25/h4-23,29-34,36H,24H2,1-3H3/t29-,30-,31-,32-,33?,34+/m1/s1. The molecule has 2 fully saturated rings. The van der Waals surface area contributed by atoms with Crippen molar-refractivity contribution >= 4 is 30.5 Å². The van der Waals surface area contributed by atoms with Crippen LogP contribution in [0.1, 0.15) is 32.6 Å². The van der Waals surface area contributed by atoms with E-state index in [2.05, 4.69) is 69.3 Å². The summed E-state index contributed by atoms with van der Waals surface area (Å²) in [7, 11) is -3.02. The van der Waals surface area contributed by atoms with Gasteiger partial charge < -0.3 is 23.7 Å². The van der Waals surface area contributed by atoms with Crippen molar-refractivity contribution in [2.75, 3.05) is 6.61 Å². The van der Waals surface area contributed by atoms with E-state index in [1.54, 1.807) is 0 Å². The summed E-state index contributed by atoms with van der Waals surface area (Å²) in [5, 5.41) is 14.2.